The molecule has 252 valence electrons. The Morgan fingerprint density at radius 2 is 0.519 bits per heavy atom. The molecule has 0 aliphatic rings. The molecule has 0 unspecified atom stereocenters. The van der Waals surface area contributed by atoms with Crippen LogP contribution in [0.2, 0.25) is 0 Å². The van der Waals surface area contributed by atoms with Gasteiger partial charge in [-0.25, -0.2) is 0 Å². The average Bonchev–Trinajstić information content (AvgIpc) is 3.26. The molecule has 0 N–H and O–H groups in total. The minimum absolute atomic E-state index is 1.20. The summed E-state index contributed by atoms with van der Waals surface area (Å²) in [7, 11) is 0. The van der Waals surface area contributed by atoms with E-state index in [1.54, 1.807) is 0 Å². The molecule has 0 atom stereocenters. The largest absolute Gasteiger partial charge is 0.0622 e. The van der Waals surface area contributed by atoms with Gasteiger partial charge in [0.15, 0.2) is 0 Å². The first-order valence-electron chi connectivity index (χ1n) is 18.7. The zero-order valence-electron chi connectivity index (χ0n) is 29.8. The van der Waals surface area contributed by atoms with Crippen molar-refractivity contribution in [3.8, 4) is 66.8 Å². The first kappa shape index (κ1) is 31.7. The van der Waals surface area contributed by atoms with E-state index in [0.717, 1.165) is 0 Å². The highest BCUT2D eigenvalue weighted by molar-refractivity contribution is 6.12. The lowest BCUT2D eigenvalue weighted by atomic mass is 9.84. The van der Waals surface area contributed by atoms with Crippen molar-refractivity contribution in [2.24, 2.45) is 0 Å². The molecule has 10 aromatic carbocycles. The van der Waals surface area contributed by atoms with Crippen molar-refractivity contribution in [1.82, 2.24) is 0 Å². The lowest BCUT2D eigenvalue weighted by molar-refractivity contribution is 1.58. The molecule has 10 aromatic rings. The number of rotatable bonds is 6. The second-order valence-corrected chi connectivity index (χ2v) is 14.1. The normalized spacial score (nSPS) is 11.3. The van der Waals surface area contributed by atoms with Crippen LogP contribution in [0, 0.1) is 0 Å². The Hall–Kier alpha value is -7.02. The third kappa shape index (κ3) is 5.75. The van der Waals surface area contributed by atoms with Crippen LogP contribution in [-0.2, 0) is 0 Å². The highest BCUT2D eigenvalue weighted by atomic mass is 14.2. The van der Waals surface area contributed by atoms with Gasteiger partial charge in [-0.05, 0) is 111 Å². The van der Waals surface area contributed by atoms with E-state index in [1.165, 1.54) is 99.1 Å². The van der Waals surface area contributed by atoms with Crippen LogP contribution in [0.1, 0.15) is 0 Å². The third-order valence-electron chi connectivity index (χ3n) is 10.9. The van der Waals surface area contributed by atoms with E-state index in [-0.39, 0.29) is 0 Å². The van der Waals surface area contributed by atoms with E-state index in [1.807, 2.05) is 0 Å². The quantitative estimate of drug-likeness (QED) is 0.164. The molecule has 0 spiro atoms. The summed E-state index contributed by atoms with van der Waals surface area (Å²) in [6.45, 7) is 0. The molecule has 0 radical (unpaired) electrons. The lowest BCUT2D eigenvalue weighted by Gasteiger charge is -2.20. The molecular formula is C54H36. The van der Waals surface area contributed by atoms with Gasteiger partial charge in [0.25, 0.3) is 0 Å². The van der Waals surface area contributed by atoms with Crippen molar-refractivity contribution in [3.05, 3.63) is 218 Å². The van der Waals surface area contributed by atoms with E-state index in [9.17, 15) is 0 Å². The summed E-state index contributed by atoms with van der Waals surface area (Å²) in [6, 6.07) is 79.8. The van der Waals surface area contributed by atoms with Crippen LogP contribution in [0.4, 0.5) is 0 Å². The molecule has 0 amide bonds. The molecule has 0 aliphatic heterocycles. The lowest BCUT2D eigenvalue weighted by Crippen LogP contribution is -1.93. The summed E-state index contributed by atoms with van der Waals surface area (Å²) >= 11 is 0. The fraction of sp³-hybridized carbons (Fsp3) is 0. The zero-order chi connectivity index (χ0) is 35.8. The van der Waals surface area contributed by atoms with Crippen molar-refractivity contribution < 1.29 is 0 Å². The van der Waals surface area contributed by atoms with Crippen molar-refractivity contribution in [2.75, 3.05) is 0 Å². The van der Waals surface area contributed by atoms with Gasteiger partial charge < -0.3 is 0 Å². The smallest absolute Gasteiger partial charge is 0.00266 e. The fourth-order valence-electron chi connectivity index (χ4n) is 8.14. The topological polar surface area (TPSA) is 0 Å². The summed E-state index contributed by atoms with van der Waals surface area (Å²) in [5.41, 5.74) is 14.7. The standard InChI is InChI=1S/C54H36/c1-3-13-43(14-4-1)53-49(41-25-19-39(20-26-41)47-29-23-37-11-7-9-17-45(37)35-47)31-34-52-51(53)33-32-50(54(52)44-15-5-2-6-16-44)42-27-21-40(22-28-42)48-30-24-38-12-8-10-18-46(38)36-48/h1-36H. The number of hydrogen-bond donors (Lipinski definition) is 0. The number of fused-ring (bicyclic) bond motifs is 3. The molecule has 0 fully saturated rings. The van der Waals surface area contributed by atoms with Crippen molar-refractivity contribution in [1.29, 1.82) is 0 Å². The molecule has 0 bridgehead atoms. The monoisotopic (exact) mass is 684 g/mol. The second kappa shape index (κ2) is 13.5. The SMILES string of the molecule is c1ccc(-c2c(-c3ccc(-c4ccc5ccccc5c4)cc3)ccc3c(-c4ccccc4)c(-c4ccc(-c5ccc6ccccc6c5)cc4)ccc23)cc1. The van der Waals surface area contributed by atoms with Gasteiger partial charge in [0.2, 0.25) is 0 Å². The van der Waals surface area contributed by atoms with E-state index >= 15 is 0 Å². The van der Waals surface area contributed by atoms with E-state index in [2.05, 4.69) is 218 Å². The molecule has 0 saturated carbocycles. The van der Waals surface area contributed by atoms with Gasteiger partial charge in [-0.1, -0.05) is 206 Å². The molecule has 0 aliphatic carbocycles. The Kier molecular flexibility index (Phi) is 7.93. The highest BCUT2D eigenvalue weighted by Crippen LogP contribution is 2.45. The first-order valence-corrected chi connectivity index (χ1v) is 18.7. The number of hydrogen-bond acceptors (Lipinski definition) is 0. The maximum atomic E-state index is 2.34. The molecule has 10 rings (SSSR count). The Morgan fingerprint density at radius 1 is 0.185 bits per heavy atom. The van der Waals surface area contributed by atoms with Gasteiger partial charge >= 0.3 is 0 Å². The van der Waals surface area contributed by atoms with E-state index < -0.39 is 0 Å². The van der Waals surface area contributed by atoms with Gasteiger partial charge in [0.1, 0.15) is 0 Å². The molecule has 0 nitrogen and oxygen atoms in total. The summed E-state index contributed by atoms with van der Waals surface area (Å²) in [5.74, 6) is 0. The maximum Gasteiger partial charge on any atom is -0.00266 e. The van der Waals surface area contributed by atoms with Crippen molar-refractivity contribution >= 4 is 32.3 Å². The van der Waals surface area contributed by atoms with E-state index in [4.69, 9.17) is 0 Å². The van der Waals surface area contributed by atoms with Gasteiger partial charge in [0.05, 0.1) is 0 Å². The van der Waals surface area contributed by atoms with Gasteiger partial charge in [-0.15, -0.1) is 0 Å². The molecule has 0 saturated heterocycles. The van der Waals surface area contributed by atoms with Gasteiger partial charge in [0, 0.05) is 0 Å². The molecule has 0 heterocycles. The predicted molar refractivity (Wildman–Crippen MR) is 232 cm³/mol. The van der Waals surface area contributed by atoms with Gasteiger partial charge in [-0.3, -0.25) is 0 Å². The minimum Gasteiger partial charge on any atom is -0.0622 e. The van der Waals surface area contributed by atoms with Crippen LogP contribution in [0.25, 0.3) is 99.1 Å². The maximum absolute atomic E-state index is 2.34. The molecule has 0 heteroatoms. The predicted octanol–water partition coefficient (Wildman–Crippen LogP) is 15.1. The van der Waals surface area contributed by atoms with Crippen LogP contribution < -0.4 is 0 Å². The Bertz CT molecular complexity index is 2730. The minimum atomic E-state index is 1.20. The van der Waals surface area contributed by atoms with Gasteiger partial charge in [-0.2, -0.15) is 0 Å². The van der Waals surface area contributed by atoms with Crippen molar-refractivity contribution in [2.45, 2.75) is 0 Å². The fourth-order valence-corrected chi connectivity index (χ4v) is 8.14. The molecular weight excluding hydrogens is 649 g/mol. The summed E-state index contributed by atoms with van der Waals surface area (Å²) in [5, 5.41) is 7.53. The Balaban J connectivity index is 1.11. The van der Waals surface area contributed by atoms with Crippen LogP contribution in [0.3, 0.4) is 0 Å². The average molecular weight is 685 g/mol. The number of benzene rings is 10. The third-order valence-corrected chi connectivity index (χ3v) is 10.9. The van der Waals surface area contributed by atoms with Crippen LogP contribution in [0.15, 0.2) is 218 Å². The second-order valence-electron chi connectivity index (χ2n) is 14.1. The molecule has 0 aromatic heterocycles. The van der Waals surface area contributed by atoms with Crippen LogP contribution >= 0.6 is 0 Å². The Morgan fingerprint density at radius 3 is 0.926 bits per heavy atom. The Labute approximate surface area is 316 Å². The van der Waals surface area contributed by atoms with E-state index in [0.29, 0.717) is 0 Å². The zero-order valence-corrected chi connectivity index (χ0v) is 29.8. The molecule has 54 heavy (non-hydrogen) atoms. The van der Waals surface area contributed by atoms with Crippen LogP contribution in [0.5, 0.6) is 0 Å². The summed E-state index contributed by atoms with van der Waals surface area (Å²) < 4.78 is 0. The van der Waals surface area contributed by atoms with Crippen LogP contribution in [-0.4, -0.2) is 0 Å². The summed E-state index contributed by atoms with van der Waals surface area (Å²) in [4.78, 5) is 0. The first-order chi connectivity index (χ1) is 26.8. The summed E-state index contributed by atoms with van der Waals surface area (Å²) in [6.07, 6.45) is 0. The highest BCUT2D eigenvalue weighted by Gasteiger charge is 2.18. The van der Waals surface area contributed by atoms with Crippen molar-refractivity contribution in [3.63, 3.8) is 0 Å².